The maximum Gasteiger partial charge on any atom is 0.343 e. The van der Waals surface area contributed by atoms with Crippen molar-refractivity contribution < 1.29 is 24.0 Å². The molecule has 3 rings (SSSR count). The van der Waals surface area contributed by atoms with Crippen molar-refractivity contribution in [3.63, 3.8) is 0 Å². The van der Waals surface area contributed by atoms with Gasteiger partial charge in [0, 0.05) is 12.6 Å². The Labute approximate surface area is 160 Å². The maximum absolute atomic E-state index is 12.5. The minimum Gasteiger partial charge on any atom is -0.416 e. The molecule has 1 aliphatic rings. The highest BCUT2D eigenvalue weighted by Gasteiger charge is 2.35. The van der Waals surface area contributed by atoms with Crippen molar-refractivity contribution in [2.45, 2.75) is 26.7 Å². The molecule has 0 spiro atoms. The van der Waals surface area contributed by atoms with Gasteiger partial charge in [-0.15, -0.1) is 0 Å². The number of benzene rings is 2. The topological polar surface area (TPSA) is 107 Å². The number of rotatable bonds is 6. The van der Waals surface area contributed by atoms with Crippen molar-refractivity contribution >= 4 is 23.5 Å². The van der Waals surface area contributed by atoms with Gasteiger partial charge in [-0.05, 0) is 43.2 Å². The van der Waals surface area contributed by atoms with Crippen LogP contribution in [0.25, 0.3) is 0 Å². The molecular formula is C20H18N2O6. The highest BCUT2D eigenvalue weighted by Crippen LogP contribution is 2.29. The number of nitro groups is 1. The van der Waals surface area contributed by atoms with Crippen LogP contribution in [0, 0.1) is 17.0 Å². The summed E-state index contributed by atoms with van der Waals surface area (Å²) in [6, 6.07) is 8.27. The van der Waals surface area contributed by atoms with Crippen LogP contribution in [-0.4, -0.2) is 34.2 Å². The molecule has 2 aromatic carbocycles. The van der Waals surface area contributed by atoms with E-state index in [4.69, 9.17) is 4.74 Å². The van der Waals surface area contributed by atoms with Gasteiger partial charge in [-0.25, -0.2) is 4.79 Å². The number of aryl methyl sites for hydroxylation is 1. The van der Waals surface area contributed by atoms with E-state index in [1.807, 2.05) is 6.92 Å². The summed E-state index contributed by atoms with van der Waals surface area (Å²) in [4.78, 5) is 49.0. The number of carbonyl (C=O) groups is 3. The number of nitrogens with zero attached hydrogens (tertiary/aromatic N) is 2. The maximum atomic E-state index is 12.5. The molecule has 28 heavy (non-hydrogen) atoms. The van der Waals surface area contributed by atoms with Crippen LogP contribution in [0.15, 0.2) is 36.4 Å². The van der Waals surface area contributed by atoms with Gasteiger partial charge in [0.15, 0.2) is 0 Å². The summed E-state index contributed by atoms with van der Waals surface area (Å²) in [5.74, 6) is -1.86. The van der Waals surface area contributed by atoms with Crippen LogP contribution in [0.2, 0.25) is 0 Å². The highest BCUT2D eigenvalue weighted by molar-refractivity contribution is 6.22. The van der Waals surface area contributed by atoms with E-state index in [0.717, 1.165) is 11.3 Å². The lowest BCUT2D eigenvalue weighted by molar-refractivity contribution is -0.385. The van der Waals surface area contributed by atoms with Gasteiger partial charge in [0.25, 0.3) is 11.8 Å². The van der Waals surface area contributed by atoms with Crippen molar-refractivity contribution in [1.82, 2.24) is 4.90 Å². The number of esters is 1. The molecule has 1 aliphatic heterocycles. The molecular weight excluding hydrogens is 364 g/mol. The van der Waals surface area contributed by atoms with Crippen LogP contribution >= 0.6 is 0 Å². The number of hydrogen-bond donors (Lipinski definition) is 0. The van der Waals surface area contributed by atoms with Gasteiger partial charge in [-0.2, -0.15) is 0 Å². The summed E-state index contributed by atoms with van der Waals surface area (Å²) >= 11 is 0. The zero-order valence-corrected chi connectivity index (χ0v) is 15.4. The Hall–Kier alpha value is -3.55. The SMILES string of the molecule is CCCCN1C(=O)c2ccc(C(=O)Oc3cc(C)ccc3[N+](=O)[O-])cc2C1=O. The molecule has 0 atom stereocenters. The molecule has 0 saturated carbocycles. The van der Waals surface area contributed by atoms with E-state index in [-0.39, 0.29) is 34.0 Å². The van der Waals surface area contributed by atoms with Crippen LogP contribution in [0.1, 0.15) is 56.4 Å². The van der Waals surface area contributed by atoms with Crippen molar-refractivity contribution in [1.29, 1.82) is 0 Å². The second kappa shape index (κ2) is 7.59. The van der Waals surface area contributed by atoms with Crippen LogP contribution < -0.4 is 4.74 Å². The predicted octanol–water partition coefficient (Wildman–Crippen LogP) is 3.52. The lowest BCUT2D eigenvalue weighted by atomic mass is 10.1. The van der Waals surface area contributed by atoms with Crippen molar-refractivity contribution in [2.75, 3.05) is 6.54 Å². The molecule has 8 nitrogen and oxygen atoms in total. The Morgan fingerprint density at radius 3 is 2.50 bits per heavy atom. The summed E-state index contributed by atoms with van der Waals surface area (Å²) in [6.07, 6.45) is 1.53. The number of amides is 2. The molecule has 0 N–H and O–H groups in total. The molecule has 0 aliphatic carbocycles. The number of ether oxygens (including phenoxy) is 1. The Balaban J connectivity index is 1.88. The Kier molecular flexibility index (Phi) is 5.21. The Bertz CT molecular complexity index is 998. The molecule has 8 heteroatoms. The number of hydrogen-bond acceptors (Lipinski definition) is 6. The standard InChI is InChI=1S/C20H18N2O6/c1-3-4-9-21-18(23)14-7-6-13(11-15(14)19(21)24)20(25)28-17-10-12(2)5-8-16(17)22(26)27/h5-8,10-11H,3-4,9H2,1-2H3. The van der Waals surface area contributed by atoms with Crippen molar-refractivity contribution in [2.24, 2.45) is 0 Å². The Morgan fingerprint density at radius 1 is 1.11 bits per heavy atom. The largest absolute Gasteiger partial charge is 0.416 e. The molecule has 2 aromatic rings. The zero-order chi connectivity index (χ0) is 20.4. The number of carbonyl (C=O) groups excluding carboxylic acids is 3. The van der Waals surface area contributed by atoms with E-state index >= 15 is 0 Å². The van der Waals surface area contributed by atoms with Gasteiger partial charge in [0.05, 0.1) is 21.6 Å². The molecule has 0 saturated heterocycles. The van der Waals surface area contributed by atoms with Crippen molar-refractivity contribution in [3.8, 4) is 5.75 Å². The second-order valence-electron chi connectivity index (χ2n) is 6.49. The first kappa shape index (κ1) is 19.2. The molecule has 144 valence electrons. The van der Waals surface area contributed by atoms with E-state index in [9.17, 15) is 24.5 Å². The summed E-state index contributed by atoms with van der Waals surface area (Å²) in [5, 5.41) is 11.1. The van der Waals surface area contributed by atoms with Gasteiger partial charge in [-0.1, -0.05) is 19.4 Å². The first-order valence-electron chi connectivity index (χ1n) is 8.81. The highest BCUT2D eigenvalue weighted by atomic mass is 16.6. The van der Waals surface area contributed by atoms with E-state index in [2.05, 4.69) is 0 Å². The third-order valence-electron chi connectivity index (χ3n) is 4.46. The number of fused-ring (bicyclic) bond motifs is 1. The molecule has 0 bridgehead atoms. The normalized spacial score (nSPS) is 12.9. The first-order chi connectivity index (χ1) is 13.3. The quantitative estimate of drug-likeness (QED) is 0.249. The fraction of sp³-hybridized carbons (Fsp3) is 0.250. The van der Waals surface area contributed by atoms with E-state index in [1.54, 1.807) is 13.0 Å². The van der Waals surface area contributed by atoms with E-state index in [0.29, 0.717) is 18.5 Å². The summed E-state index contributed by atoms with van der Waals surface area (Å²) < 4.78 is 5.20. The minimum atomic E-state index is -0.844. The third kappa shape index (κ3) is 3.48. The van der Waals surface area contributed by atoms with Gasteiger partial charge < -0.3 is 4.74 Å². The predicted molar refractivity (Wildman–Crippen MR) is 99.5 cm³/mol. The summed E-state index contributed by atoms with van der Waals surface area (Å²) in [6.45, 7) is 3.99. The average molecular weight is 382 g/mol. The van der Waals surface area contributed by atoms with Gasteiger partial charge in [-0.3, -0.25) is 24.6 Å². The molecule has 2 amide bonds. The van der Waals surface area contributed by atoms with Crippen LogP contribution in [-0.2, 0) is 0 Å². The minimum absolute atomic E-state index is 0.0352. The zero-order valence-electron chi connectivity index (χ0n) is 15.4. The molecule has 1 heterocycles. The number of nitro benzene ring substituents is 1. The van der Waals surface area contributed by atoms with Gasteiger partial charge in [0.1, 0.15) is 0 Å². The number of unbranched alkanes of at least 4 members (excludes halogenated alkanes) is 1. The van der Waals surface area contributed by atoms with Crippen LogP contribution in [0.3, 0.4) is 0 Å². The average Bonchev–Trinajstić information content (AvgIpc) is 2.90. The number of imide groups is 1. The fourth-order valence-corrected chi connectivity index (χ4v) is 2.95. The summed E-state index contributed by atoms with van der Waals surface area (Å²) in [7, 11) is 0. The lowest BCUT2D eigenvalue weighted by Crippen LogP contribution is -2.30. The van der Waals surface area contributed by atoms with Gasteiger partial charge in [0.2, 0.25) is 5.75 Å². The summed E-state index contributed by atoms with van der Waals surface area (Å²) in [5.41, 5.74) is 0.758. The van der Waals surface area contributed by atoms with Gasteiger partial charge >= 0.3 is 11.7 Å². The molecule has 0 radical (unpaired) electrons. The lowest BCUT2D eigenvalue weighted by Gasteiger charge is -2.12. The van der Waals surface area contributed by atoms with Crippen LogP contribution in [0.4, 0.5) is 5.69 Å². The van der Waals surface area contributed by atoms with Crippen LogP contribution in [0.5, 0.6) is 5.75 Å². The molecule has 0 aromatic heterocycles. The molecule has 0 unspecified atom stereocenters. The second-order valence-corrected chi connectivity index (χ2v) is 6.49. The van der Waals surface area contributed by atoms with E-state index < -0.39 is 16.8 Å². The smallest absolute Gasteiger partial charge is 0.343 e. The van der Waals surface area contributed by atoms with Crippen molar-refractivity contribution in [3.05, 3.63) is 68.8 Å². The first-order valence-corrected chi connectivity index (χ1v) is 8.81. The third-order valence-corrected chi connectivity index (χ3v) is 4.46. The fourth-order valence-electron chi connectivity index (χ4n) is 2.95. The molecule has 0 fully saturated rings. The monoisotopic (exact) mass is 382 g/mol. The Morgan fingerprint density at radius 2 is 1.82 bits per heavy atom. The van der Waals surface area contributed by atoms with E-state index in [1.165, 1.54) is 30.3 Å².